The predicted molar refractivity (Wildman–Crippen MR) is 68.9 cm³/mol. The Kier molecular flexibility index (Phi) is 3.52. The number of aromatic nitrogens is 2. The molecule has 0 saturated carbocycles. The molecule has 1 aromatic carbocycles. The van der Waals surface area contributed by atoms with Crippen LogP contribution in [0.5, 0.6) is 0 Å². The number of hydrogen-bond acceptors (Lipinski definition) is 2. The highest BCUT2D eigenvalue weighted by atomic mass is 32.1. The zero-order valence-corrected chi connectivity index (χ0v) is 10.8. The first-order chi connectivity index (χ1) is 8.49. The Bertz CT molecular complexity index is 615. The topological polar surface area (TPSA) is 28.7 Å². The summed E-state index contributed by atoms with van der Waals surface area (Å²) in [7, 11) is 0. The van der Waals surface area contributed by atoms with Gasteiger partial charge in [-0.15, -0.1) is 0 Å². The maximum atomic E-state index is 13.3. The van der Waals surface area contributed by atoms with Crippen molar-refractivity contribution >= 4 is 12.2 Å². The molecule has 18 heavy (non-hydrogen) atoms. The summed E-state index contributed by atoms with van der Waals surface area (Å²) in [5.74, 6) is -1.12. The molecule has 0 aliphatic heterocycles. The van der Waals surface area contributed by atoms with Crippen LogP contribution in [0.4, 0.5) is 8.78 Å². The highest BCUT2D eigenvalue weighted by molar-refractivity contribution is 7.71. The van der Waals surface area contributed by atoms with Crippen molar-refractivity contribution in [2.24, 2.45) is 0 Å². The molecule has 2 rings (SSSR count). The van der Waals surface area contributed by atoms with Crippen LogP contribution in [0.15, 0.2) is 24.5 Å². The summed E-state index contributed by atoms with van der Waals surface area (Å²) in [4.78, 5) is 6.92. The molecule has 0 fully saturated rings. The first kappa shape index (κ1) is 12.8. The number of nitrogens with one attached hydrogen (secondary N) is 1. The van der Waals surface area contributed by atoms with E-state index >= 15 is 0 Å². The van der Waals surface area contributed by atoms with Gasteiger partial charge in [-0.25, -0.2) is 13.8 Å². The molecule has 94 valence electrons. The lowest BCUT2D eigenvalue weighted by atomic mass is 9.98. The van der Waals surface area contributed by atoms with Crippen LogP contribution in [0, 0.1) is 16.3 Å². The number of hydrogen-bond donors (Lipinski definition) is 1. The molecule has 1 N–H and O–H groups in total. The Morgan fingerprint density at radius 3 is 2.33 bits per heavy atom. The van der Waals surface area contributed by atoms with Crippen LogP contribution in [-0.2, 0) is 0 Å². The summed E-state index contributed by atoms with van der Waals surface area (Å²) < 4.78 is 27.0. The van der Waals surface area contributed by atoms with E-state index in [0.29, 0.717) is 15.9 Å². The van der Waals surface area contributed by atoms with Gasteiger partial charge in [-0.2, -0.15) is 0 Å². The predicted octanol–water partition coefficient (Wildman–Crippen LogP) is 4.21. The van der Waals surface area contributed by atoms with Crippen molar-refractivity contribution in [2.75, 3.05) is 0 Å². The van der Waals surface area contributed by atoms with E-state index in [1.54, 1.807) is 0 Å². The Labute approximate surface area is 109 Å². The summed E-state index contributed by atoms with van der Waals surface area (Å²) >= 11 is 5.16. The number of rotatable bonds is 2. The highest BCUT2D eigenvalue weighted by Gasteiger charge is 2.13. The molecule has 2 nitrogen and oxygen atoms in total. The molecular formula is C13H12F2N2S. The quantitative estimate of drug-likeness (QED) is 0.825. The number of H-pyrrole nitrogens is 1. The maximum Gasteiger partial charge on any atom is 0.133 e. The van der Waals surface area contributed by atoms with Crippen LogP contribution >= 0.6 is 12.2 Å². The first-order valence-electron chi connectivity index (χ1n) is 5.53. The van der Waals surface area contributed by atoms with Crippen LogP contribution in [0.2, 0.25) is 0 Å². The molecule has 0 bridgehead atoms. The molecule has 0 aliphatic rings. The van der Waals surface area contributed by atoms with E-state index in [2.05, 4.69) is 9.97 Å². The SMILES string of the molecule is CC(C)c1c(-c2cc(F)cc(F)c2)[nH]cnc1=S. The second kappa shape index (κ2) is 4.94. The summed E-state index contributed by atoms with van der Waals surface area (Å²) in [6.45, 7) is 3.92. The van der Waals surface area contributed by atoms with Crippen LogP contribution in [0.3, 0.4) is 0 Å². The van der Waals surface area contributed by atoms with Crippen molar-refractivity contribution in [1.29, 1.82) is 0 Å². The van der Waals surface area contributed by atoms with Crippen LogP contribution in [0.25, 0.3) is 11.3 Å². The molecule has 0 amide bonds. The Balaban J connectivity index is 2.71. The number of benzene rings is 1. The van der Waals surface area contributed by atoms with Gasteiger partial charge in [-0.1, -0.05) is 26.1 Å². The Morgan fingerprint density at radius 1 is 1.17 bits per heavy atom. The second-order valence-corrected chi connectivity index (χ2v) is 4.70. The van der Waals surface area contributed by atoms with E-state index in [4.69, 9.17) is 12.2 Å². The summed E-state index contributed by atoms with van der Waals surface area (Å²) in [5.41, 5.74) is 1.84. The molecule has 0 aliphatic carbocycles. The fourth-order valence-electron chi connectivity index (χ4n) is 1.88. The van der Waals surface area contributed by atoms with Crippen molar-refractivity contribution in [3.05, 3.63) is 46.4 Å². The zero-order chi connectivity index (χ0) is 13.3. The molecule has 0 unspecified atom stereocenters. The van der Waals surface area contributed by atoms with E-state index < -0.39 is 11.6 Å². The molecule has 5 heteroatoms. The van der Waals surface area contributed by atoms with Gasteiger partial charge in [0.15, 0.2) is 0 Å². The molecule has 0 atom stereocenters. The molecular weight excluding hydrogens is 254 g/mol. The van der Waals surface area contributed by atoms with E-state index in [-0.39, 0.29) is 5.92 Å². The van der Waals surface area contributed by atoms with Crippen molar-refractivity contribution in [3.63, 3.8) is 0 Å². The zero-order valence-electron chi connectivity index (χ0n) is 10.00. The van der Waals surface area contributed by atoms with E-state index in [0.717, 1.165) is 11.6 Å². The molecule has 0 saturated heterocycles. The van der Waals surface area contributed by atoms with Gasteiger partial charge < -0.3 is 4.98 Å². The number of halogens is 2. The van der Waals surface area contributed by atoms with E-state index in [1.807, 2.05) is 13.8 Å². The van der Waals surface area contributed by atoms with Gasteiger partial charge >= 0.3 is 0 Å². The van der Waals surface area contributed by atoms with Crippen LogP contribution in [-0.4, -0.2) is 9.97 Å². The largest absolute Gasteiger partial charge is 0.346 e. The van der Waals surface area contributed by atoms with Crippen molar-refractivity contribution in [1.82, 2.24) is 9.97 Å². The van der Waals surface area contributed by atoms with Gasteiger partial charge in [-0.05, 0) is 18.1 Å². The Hall–Kier alpha value is -1.62. The third-order valence-corrected chi connectivity index (χ3v) is 2.94. The Morgan fingerprint density at radius 2 is 1.78 bits per heavy atom. The summed E-state index contributed by atoms with van der Waals surface area (Å²) in [6.07, 6.45) is 1.44. The average molecular weight is 266 g/mol. The highest BCUT2D eigenvalue weighted by Crippen LogP contribution is 2.28. The number of aromatic amines is 1. The molecule has 0 spiro atoms. The van der Waals surface area contributed by atoms with Gasteiger partial charge in [0.05, 0.1) is 12.0 Å². The van der Waals surface area contributed by atoms with Gasteiger partial charge in [0.25, 0.3) is 0 Å². The van der Waals surface area contributed by atoms with E-state index in [1.165, 1.54) is 18.5 Å². The van der Waals surface area contributed by atoms with Gasteiger partial charge in [0.2, 0.25) is 0 Å². The van der Waals surface area contributed by atoms with Crippen molar-refractivity contribution < 1.29 is 8.78 Å². The summed E-state index contributed by atoms with van der Waals surface area (Å²) in [6, 6.07) is 3.39. The molecule has 0 radical (unpaired) electrons. The lowest BCUT2D eigenvalue weighted by Crippen LogP contribution is -1.99. The smallest absolute Gasteiger partial charge is 0.133 e. The van der Waals surface area contributed by atoms with Gasteiger partial charge in [-0.3, -0.25) is 0 Å². The standard InChI is InChI=1S/C13H12F2N2S/c1-7(2)11-12(16-6-17-13(11)18)8-3-9(14)5-10(15)4-8/h3-7H,1-2H3,(H,16,17,18). The maximum absolute atomic E-state index is 13.3. The fourth-order valence-corrected chi connectivity index (χ4v) is 2.27. The van der Waals surface area contributed by atoms with Gasteiger partial charge in [0.1, 0.15) is 16.3 Å². The first-order valence-corrected chi connectivity index (χ1v) is 5.94. The lowest BCUT2D eigenvalue weighted by Gasteiger charge is -2.12. The van der Waals surface area contributed by atoms with Gasteiger partial charge in [0, 0.05) is 17.2 Å². The van der Waals surface area contributed by atoms with E-state index in [9.17, 15) is 8.78 Å². The molecule has 1 aromatic heterocycles. The van der Waals surface area contributed by atoms with Crippen LogP contribution in [0.1, 0.15) is 25.3 Å². The van der Waals surface area contributed by atoms with Crippen molar-refractivity contribution in [3.8, 4) is 11.3 Å². The monoisotopic (exact) mass is 266 g/mol. The lowest BCUT2D eigenvalue weighted by molar-refractivity contribution is 0.584. The third-order valence-electron chi connectivity index (χ3n) is 2.62. The minimum absolute atomic E-state index is 0.115. The third kappa shape index (κ3) is 2.46. The number of nitrogens with zero attached hydrogens (tertiary/aromatic N) is 1. The summed E-state index contributed by atoms with van der Waals surface area (Å²) in [5, 5.41) is 0. The average Bonchev–Trinajstić information content (AvgIpc) is 2.26. The van der Waals surface area contributed by atoms with Crippen molar-refractivity contribution in [2.45, 2.75) is 19.8 Å². The molecule has 1 heterocycles. The van der Waals surface area contributed by atoms with Crippen LogP contribution < -0.4 is 0 Å². The normalized spacial score (nSPS) is 10.9. The minimum Gasteiger partial charge on any atom is -0.346 e. The molecule has 2 aromatic rings. The minimum atomic E-state index is -0.615. The fraction of sp³-hybridized carbons (Fsp3) is 0.231. The second-order valence-electron chi connectivity index (χ2n) is 4.31.